The van der Waals surface area contributed by atoms with Gasteiger partial charge in [-0.15, -0.1) is 0 Å². The van der Waals surface area contributed by atoms with Crippen molar-refractivity contribution < 1.29 is 29.0 Å². The molecular weight excluding hydrogens is 352 g/mol. The molecule has 2 N–H and O–H groups in total. The molecule has 0 bridgehead atoms. The molecule has 0 aliphatic carbocycles. The Kier molecular flexibility index (Phi) is 8.21. The number of amides is 1. The van der Waals surface area contributed by atoms with Gasteiger partial charge in [-0.3, -0.25) is 14.9 Å². The van der Waals surface area contributed by atoms with E-state index in [2.05, 4.69) is 10.3 Å². The van der Waals surface area contributed by atoms with Crippen LogP contribution in [-0.4, -0.2) is 40.3 Å². The van der Waals surface area contributed by atoms with Gasteiger partial charge >= 0.3 is 18.0 Å². The average molecular weight is 380 g/mol. The lowest BCUT2D eigenvalue weighted by atomic mass is 9.91. The molecule has 0 aromatic carbocycles. The van der Waals surface area contributed by atoms with Gasteiger partial charge in [0.05, 0.1) is 6.61 Å². The maximum absolute atomic E-state index is 11.8. The van der Waals surface area contributed by atoms with Gasteiger partial charge in [0.25, 0.3) is 0 Å². The number of nitrogens with zero attached hydrogens (tertiary/aromatic N) is 1. The van der Waals surface area contributed by atoms with Gasteiger partial charge < -0.3 is 14.6 Å². The highest BCUT2D eigenvalue weighted by Gasteiger charge is 2.29. The van der Waals surface area contributed by atoms with Gasteiger partial charge in [-0.05, 0) is 58.1 Å². The lowest BCUT2D eigenvalue weighted by Crippen LogP contribution is -2.28. The van der Waals surface area contributed by atoms with Crippen LogP contribution in [0.2, 0.25) is 0 Å². The number of hydrogen-bond acceptors (Lipinski definition) is 6. The van der Waals surface area contributed by atoms with E-state index in [0.717, 1.165) is 5.56 Å². The zero-order valence-electron chi connectivity index (χ0n) is 16.4. The number of esters is 1. The fraction of sp³-hybridized carbons (Fsp3) is 0.579. The number of carbonyl (C=O) groups excluding carboxylic acids is 2. The molecule has 1 rings (SSSR count). The zero-order chi connectivity index (χ0) is 20.6. The van der Waals surface area contributed by atoms with Crippen LogP contribution in [0.4, 0.5) is 10.6 Å². The number of ether oxygens (including phenoxy) is 2. The number of carboxylic acid groups (broad SMARTS) is 1. The second-order valence-electron chi connectivity index (χ2n) is 7.37. The number of rotatable bonds is 8. The molecule has 27 heavy (non-hydrogen) atoms. The lowest BCUT2D eigenvalue weighted by molar-refractivity contribution is -0.159. The molecule has 8 nitrogen and oxygen atoms in total. The SMILES string of the molecule is CCOC(=O)C(CC(C)Cc1ccc(NC(=O)OC(C)(C)C)nc1)C(=O)O. The minimum Gasteiger partial charge on any atom is -0.481 e. The van der Waals surface area contributed by atoms with Gasteiger partial charge in [0, 0.05) is 6.20 Å². The van der Waals surface area contributed by atoms with Gasteiger partial charge in [-0.1, -0.05) is 13.0 Å². The van der Waals surface area contributed by atoms with Crippen molar-refractivity contribution in [3.8, 4) is 0 Å². The molecule has 150 valence electrons. The van der Waals surface area contributed by atoms with Crippen molar-refractivity contribution in [2.45, 2.75) is 53.1 Å². The van der Waals surface area contributed by atoms with E-state index in [-0.39, 0.29) is 18.9 Å². The van der Waals surface area contributed by atoms with Crippen LogP contribution >= 0.6 is 0 Å². The molecule has 2 atom stereocenters. The molecule has 0 radical (unpaired) electrons. The van der Waals surface area contributed by atoms with Crippen molar-refractivity contribution in [2.24, 2.45) is 11.8 Å². The molecule has 1 heterocycles. The standard InChI is InChI=1S/C19H28N2O6/c1-6-26-17(24)14(16(22)23)10-12(2)9-13-7-8-15(20-11-13)21-18(25)27-19(3,4)5/h7-8,11-12,14H,6,9-10H2,1-5H3,(H,22,23)(H,20,21,25). The molecule has 0 aliphatic heterocycles. The van der Waals surface area contributed by atoms with Crippen molar-refractivity contribution >= 4 is 23.8 Å². The van der Waals surface area contributed by atoms with E-state index in [1.54, 1.807) is 46.0 Å². The normalized spacial score (nSPS) is 13.4. The molecule has 0 spiro atoms. The second kappa shape index (κ2) is 9.89. The van der Waals surface area contributed by atoms with E-state index in [1.165, 1.54) is 0 Å². The predicted molar refractivity (Wildman–Crippen MR) is 99.3 cm³/mol. The molecule has 1 amide bonds. The topological polar surface area (TPSA) is 115 Å². The smallest absolute Gasteiger partial charge is 0.413 e. The van der Waals surface area contributed by atoms with Crippen LogP contribution in [-0.2, 0) is 25.5 Å². The third-order valence-electron chi connectivity index (χ3n) is 3.55. The monoisotopic (exact) mass is 380 g/mol. The Hall–Kier alpha value is -2.64. The Morgan fingerprint density at radius 2 is 1.93 bits per heavy atom. The third kappa shape index (κ3) is 8.52. The lowest BCUT2D eigenvalue weighted by Gasteiger charge is -2.19. The summed E-state index contributed by atoms with van der Waals surface area (Å²) in [4.78, 5) is 38.9. The Labute approximate surface area is 159 Å². The second-order valence-corrected chi connectivity index (χ2v) is 7.37. The van der Waals surface area contributed by atoms with E-state index in [4.69, 9.17) is 9.47 Å². The average Bonchev–Trinajstić information content (AvgIpc) is 2.52. The zero-order valence-corrected chi connectivity index (χ0v) is 16.4. The first-order valence-corrected chi connectivity index (χ1v) is 8.86. The molecule has 0 saturated heterocycles. The third-order valence-corrected chi connectivity index (χ3v) is 3.55. The number of carboxylic acids is 1. The molecule has 0 aliphatic rings. The van der Waals surface area contributed by atoms with Crippen LogP contribution in [0.5, 0.6) is 0 Å². The van der Waals surface area contributed by atoms with Crippen molar-refractivity contribution in [3.05, 3.63) is 23.9 Å². The fourth-order valence-corrected chi connectivity index (χ4v) is 2.46. The number of aliphatic carboxylic acids is 1. The van der Waals surface area contributed by atoms with Crippen molar-refractivity contribution in [2.75, 3.05) is 11.9 Å². The first-order valence-electron chi connectivity index (χ1n) is 8.86. The first-order chi connectivity index (χ1) is 12.5. The minimum atomic E-state index is -1.18. The Morgan fingerprint density at radius 1 is 1.26 bits per heavy atom. The summed E-state index contributed by atoms with van der Waals surface area (Å²) in [5.41, 5.74) is 0.268. The number of carbonyl (C=O) groups is 3. The number of hydrogen-bond donors (Lipinski definition) is 2. The minimum absolute atomic E-state index is 0.0676. The largest absolute Gasteiger partial charge is 0.481 e. The summed E-state index contributed by atoms with van der Waals surface area (Å²) in [7, 11) is 0. The van der Waals surface area contributed by atoms with Gasteiger partial charge in [-0.25, -0.2) is 9.78 Å². The molecule has 8 heteroatoms. The van der Waals surface area contributed by atoms with E-state index < -0.39 is 29.6 Å². The highest BCUT2D eigenvalue weighted by atomic mass is 16.6. The van der Waals surface area contributed by atoms with Crippen molar-refractivity contribution in [1.82, 2.24) is 4.98 Å². The van der Waals surface area contributed by atoms with Crippen LogP contribution in [0.15, 0.2) is 18.3 Å². The number of pyridine rings is 1. The van der Waals surface area contributed by atoms with E-state index in [1.807, 2.05) is 6.92 Å². The Bertz CT molecular complexity index is 651. The molecule has 1 aromatic rings. The van der Waals surface area contributed by atoms with E-state index >= 15 is 0 Å². The molecule has 2 unspecified atom stereocenters. The Balaban J connectivity index is 2.62. The van der Waals surface area contributed by atoms with Crippen LogP contribution < -0.4 is 5.32 Å². The quantitative estimate of drug-likeness (QED) is 0.525. The number of aromatic nitrogens is 1. The summed E-state index contributed by atoms with van der Waals surface area (Å²) in [5.74, 6) is -2.79. The predicted octanol–water partition coefficient (Wildman–Crippen LogP) is 3.26. The fourth-order valence-electron chi connectivity index (χ4n) is 2.46. The Morgan fingerprint density at radius 3 is 2.41 bits per heavy atom. The summed E-state index contributed by atoms with van der Waals surface area (Å²) in [5, 5.41) is 11.8. The van der Waals surface area contributed by atoms with Crippen LogP contribution in [0, 0.1) is 11.8 Å². The van der Waals surface area contributed by atoms with Gasteiger partial charge in [0.15, 0.2) is 5.92 Å². The summed E-state index contributed by atoms with van der Waals surface area (Å²) < 4.78 is 9.97. The number of anilines is 1. The van der Waals surface area contributed by atoms with Gasteiger partial charge in [0.2, 0.25) is 0 Å². The van der Waals surface area contributed by atoms with E-state index in [0.29, 0.717) is 12.2 Å². The van der Waals surface area contributed by atoms with Crippen LogP contribution in [0.25, 0.3) is 0 Å². The van der Waals surface area contributed by atoms with Crippen LogP contribution in [0.3, 0.4) is 0 Å². The highest BCUT2D eigenvalue weighted by Crippen LogP contribution is 2.19. The van der Waals surface area contributed by atoms with E-state index in [9.17, 15) is 19.5 Å². The maximum atomic E-state index is 11.8. The molecule has 1 aromatic heterocycles. The van der Waals surface area contributed by atoms with Gasteiger partial charge in [0.1, 0.15) is 11.4 Å². The maximum Gasteiger partial charge on any atom is 0.413 e. The first kappa shape index (κ1) is 22.4. The molecular formula is C19H28N2O6. The molecule has 0 fully saturated rings. The summed E-state index contributed by atoms with van der Waals surface area (Å²) >= 11 is 0. The van der Waals surface area contributed by atoms with Crippen LogP contribution in [0.1, 0.15) is 46.6 Å². The summed E-state index contributed by atoms with van der Waals surface area (Å²) in [6, 6.07) is 3.43. The molecule has 0 saturated carbocycles. The van der Waals surface area contributed by atoms with Crippen molar-refractivity contribution in [1.29, 1.82) is 0 Å². The van der Waals surface area contributed by atoms with Crippen molar-refractivity contribution in [3.63, 3.8) is 0 Å². The van der Waals surface area contributed by atoms with Gasteiger partial charge in [-0.2, -0.15) is 0 Å². The summed E-state index contributed by atoms with van der Waals surface area (Å²) in [6.07, 6.45) is 1.73. The summed E-state index contributed by atoms with van der Waals surface area (Å²) in [6.45, 7) is 8.95. The highest BCUT2D eigenvalue weighted by molar-refractivity contribution is 5.93. The number of nitrogens with one attached hydrogen (secondary N) is 1.